The molecule has 0 atom stereocenters. The molecule has 1 aliphatic rings. The van der Waals surface area contributed by atoms with E-state index in [0.29, 0.717) is 36.5 Å². The van der Waals surface area contributed by atoms with Crippen molar-refractivity contribution in [3.63, 3.8) is 0 Å². The van der Waals surface area contributed by atoms with Crippen LogP contribution in [0.2, 0.25) is 0 Å². The van der Waals surface area contributed by atoms with E-state index in [9.17, 15) is 9.18 Å². The molecule has 1 aliphatic heterocycles. The van der Waals surface area contributed by atoms with Crippen LogP contribution in [-0.4, -0.2) is 39.7 Å². The van der Waals surface area contributed by atoms with E-state index in [4.69, 9.17) is 4.74 Å². The Morgan fingerprint density at radius 3 is 2.91 bits per heavy atom. The molecule has 22 heavy (non-hydrogen) atoms. The van der Waals surface area contributed by atoms with Gasteiger partial charge in [-0.2, -0.15) is 0 Å². The van der Waals surface area contributed by atoms with Crippen molar-refractivity contribution in [3.05, 3.63) is 40.1 Å². The fourth-order valence-corrected chi connectivity index (χ4v) is 2.83. The Morgan fingerprint density at radius 2 is 2.18 bits per heavy atom. The van der Waals surface area contributed by atoms with E-state index in [0.717, 1.165) is 6.54 Å². The lowest BCUT2D eigenvalue weighted by molar-refractivity contribution is -0.0559. The third kappa shape index (κ3) is 2.64. The van der Waals surface area contributed by atoms with Crippen LogP contribution in [0.15, 0.2) is 23.0 Å². The summed E-state index contributed by atoms with van der Waals surface area (Å²) in [4.78, 5) is 19.1. The number of halogens is 1. The minimum absolute atomic E-state index is 0.138. The van der Waals surface area contributed by atoms with Gasteiger partial charge < -0.3 is 9.30 Å². The van der Waals surface area contributed by atoms with Crippen LogP contribution in [0.3, 0.4) is 0 Å². The first-order valence-electron chi connectivity index (χ1n) is 7.36. The van der Waals surface area contributed by atoms with Gasteiger partial charge in [-0.3, -0.25) is 9.69 Å². The molecule has 1 fully saturated rings. The second kappa shape index (κ2) is 5.44. The molecule has 0 saturated carbocycles. The maximum absolute atomic E-state index is 13.4. The molecule has 0 spiro atoms. The van der Waals surface area contributed by atoms with Gasteiger partial charge >= 0.3 is 0 Å². The third-order valence-corrected chi connectivity index (χ3v) is 4.26. The second-order valence-corrected chi connectivity index (χ2v) is 6.34. The maximum atomic E-state index is 13.4. The summed E-state index contributed by atoms with van der Waals surface area (Å²) in [6, 6.07) is 4.29. The molecular weight excluding hydrogens is 285 g/mol. The molecule has 3 rings (SSSR count). The molecule has 0 amide bonds. The average Bonchev–Trinajstić information content (AvgIpc) is 2.46. The molecule has 5 nitrogen and oxygen atoms in total. The number of rotatable bonds is 2. The summed E-state index contributed by atoms with van der Waals surface area (Å²) in [5.41, 5.74) is 1.29. The van der Waals surface area contributed by atoms with Crippen molar-refractivity contribution in [3.8, 4) is 0 Å². The number of hydrogen-bond acceptors (Lipinski definition) is 4. The Balaban J connectivity index is 2.03. The van der Waals surface area contributed by atoms with E-state index in [1.54, 1.807) is 13.1 Å². The van der Waals surface area contributed by atoms with Crippen molar-refractivity contribution in [1.82, 2.24) is 14.5 Å². The lowest BCUT2D eigenvalue weighted by Crippen LogP contribution is -2.53. The number of fused-ring (bicyclic) bond motifs is 1. The molecule has 2 heterocycles. The molecule has 6 heteroatoms. The van der Waals surface area contributed by atoms with Gasteiger partial charge in [-0.1, -0.05) is 0 Å². The number of hydrogen-bond donors (Lipinski definition) is 0. The van der Waals surface area contributed by atoms with Crippen molar-refractivity contribution in [1.29, 1.82) is 0 Å². The Hall–Kier alpha value is -1.79. The van der Waals surface area contributed by atoms with Crippen LogP contribution >= 0.6 is 0 Å². The molecule has 0 bridgehead atoms. The van der Waals surface area contributed by atoms with E-state index in [1.807, 2.05) is 0 Å². The Morgan fingerprint density at radius 1 is 1.41 bits per heavy atom. The van der Waals surface area contributed by atoms with Crippen LogP contribution in [0.5, 0.6) is 0 Å². The Kier molecular flexibility index (Phi) is 3.74. The van der Waals surface area contributed by atoms with Gasteiger partial charge in [0, 0.05) is 31.7 Å². The quantitative estimate of drug-likeness (QED) is 0.847. The zero-order valence-corrected chi connectivity index (χ0v) is 13.1. The second-order valence-electron chi connectivity index (χ2n) is 6.34. The highest BCUT2D eigenvalue weighted by Crippen LogP contribution is 2.21. The predicted octanol–water partition coefficient (Wildman–Crippen LogP) is 1.68. The highest BCUT2D eigenvalue weighted by molar-refractivity contribution is 5.74. The fraction of sp³-hybridized carbons (Fsp3) is 0.500. The summed E-state index contributed by atoms with van der Waals surface area (Å²) in [5, 5.41) is 0. The number of benzene rings is 1. The van der Waals surface area contributed by atoms with Gasteiger partial charge in [-0.15, -0.1) is 0 Å². The third-order valence-electron chi connectivity index (χ3n) is 4.26. The number of nitrogens with zero attached hydrogens (tertiary/aromatic N) is 3. The van der Waals surface area contributed by atoms with Crippen molar-refractivity contribution < 1.29 is 9.13 Å². The maximum Gasteiger partial charge on any atom is 0.273 e. The van der Waals surface area contributed by atoms with E-state index >= 15 is 0 Å². The largest absolute Gasteiger partial charge is 0.378 e. The smallest absolute Gasteiger partial charge is 0.273 e. The van der Waals surface area contributed by atoms with Crippen molar-refractivity contribution in [2.75, 3.05) is 19.8 Å². The predicted molar refractivity (Wildman–Crippen MR) is 82.3 cm³/mol. The summed E-state index contributed by atoms with van der Waals surface area (Å²) in [6.07, 6.45) is 0. The molecule has 0 radical (unpaired) electrons. The number of ether oxygens (including phenoxy) is 1. The van der Waals surface area contributed by atoms with E-state index in [1.165, 1.54) is 16.7 Å². The summed E-state index contributed by atoms with van der Waals surface area (Å²) >= 11 is 0. The molecular formula is C16H20FN3O2. The van der Waals surface area contributed by atoms with Gasteiger partial charge in [0.15, 0.2) is 0 Å². The van der Waals surface area contributed by atoms with Gasteiger partial charge in [0.1, 0.15) is 11.5 Å². The first-order valence-corrected chi connectivity index (χ1v) is 7.36. The normalized spacial score (nSPS) is 18.7. The van der Waals surface area contributed by atoms with E-state index in [-0.39, 0.29) is 16.9 Å². The average molecular weight is 305 g/mol. The van der Waals surface area contributed by atoms with Crippen LogP contribution in [0.1, 0.15) is 19.5 Å². The molecule has 1 aromatic carbocycles. The van der Waals surface area contributed by atoms with Crippen LogP contribution in [0, 0.1) is 5.82 Å². The van der Waals surface area contributed by atoms with Crippen LogP contribution < -0.4 is 5.56 Å². The first kappa shape index (κ1) is 15.1. The Labute approximate surface area is 128 Å². The molecule has 0 N–H and O–H groups in total. The van der Waals surface area contributed by atoms with Gasteiger partial charge in [0.2, 0.25) is 0 Å². The molecule has 118 valence electrons. The Bertz CT molecular complexity index is 770. The molecule has 0 aliphatic carbocycles. The highest BCUT2D eigenvalue weighted by atomic mass is 19.1. The molecule has 1 aromatic heterocycles. The lowest BCUT2D eigenvalue weighted by atomic mass is 10.0. The zero-order chi connectivity index (χ0) is 15.9. The van der Waals surface area contributed by atoms with E-state index in [2.05, 4.69) is 23.7 Å². The van der Waals surface area contributed by atoms with Gasteiger partial charge in [0.05, 0.1) is 24.2 Å². The fourth-order valence-electron chi connectivity index (χ4n) is 2.83. The molecule has 0 unspecified atom stereocenters. The molecule has 1 saturated heterocycles. The summed E-state index contributed by atoms with van der Waals surface area (Å²) in [5.74, 6) is -0.351. The van der Waals surface area contributed by atoms with Crippen LogP contribution in [0.25, 0.3) is 11.0 Å². The zero-order valence-electron chi connectivity index (χ0n) is 13.1. The van der Waals surface area contributed by atoms with Crippen molar-refractivity contribution in [2.45, 2.75) is 25.9 Å². The van der Waals surface area contributed by atoms with Crippen molar-refractivity contribution >= 4 is 11.0 Å². The van der Waals surface area contributed by atoms with Crippen LogP contribution in [-0.2, 0) is 18.3 Å². The van der Waals surface area contributed by atoms with E-state index < -0.39 is 0 Å². The monoisotopic (exact) mass is 305 g/mol. The summed E-state index contributed by atoms with van der Waals surface area (Å²) < 4.78 is 20.5. The summed E-state index contributed by atoms with van der Waals surface area (Å²) in [7, 11) is 1.69. The lowest BCUT2D eigenvalue weighted by Gasteiger charge is -2.41. The summed E-state index contributed by atoms with van der Waals surface area (Å²) in [6.45, 7) is 6.62. The minimum Gasteiger partial charge on any atom is -0.378 e. The SMILES string of the molecule is Cn1c(=O)c(CN2CCOCC2(C)C)nc2cc(F)ccc21. The molecule has 2 aromatic rings. The number of morpholine rings is 1. The first-order chi connectivity index (χ1) is 10.4. The number of aromatic nitrogens is 2. The van der Waals surface area contributed by atoms with Crippen LogP contribution in [0.4, 0.5) is 4.39 Å². The van der Waals surface area contributed by atoms with Gasteiger partial charge in [-0.25, -0.2) is 9.37 Å². The van der Waals surface area contributed by atoms with Gasteiger partial charge in [-0.05, 0) is 26.0 Å². The minimum atomic E-state index is -0.351. The standard InChI is InChI=1S/C16H20FN3O2/c1-16(2)10-22-7-6-20(16)9-13-15(21)19(3)14-5-4-11(17)8-12(14)18-13/h4-5,8H,6-7,9-10H2,1-3H3. The van der Waals surface area contributed by atoms with Crippen molar-refractivity contribution in [2.24, 2.45) is 7.05 Å². The highest BCUT2D eigenvalue weighted by Gasteiger charge is 2.31. The van der Waals surface area contributed by atoms with Gasteiger partial charge in [0.25, 0.3) is 5.56 Å². The number of aryl methyl sites for hydroxylation is 1. The topological polar surface area (TPSA) is 47.4 Å².